The highest BCUT2D eigenvalue weighted by atomic mass is 14.6. The van der Waals surface area contributed by atoms with E-state index in [-0.39, 0.29) is 5.41 Å². The van der Waals surface area contributed by atoms with Crippen LogP contribution in [0.25, 0.3) is 0 Å². The molecule has 0 unspecified atom stereocenters. The van der Waals surface area contributed by atoms with Crippen molar-refractivity contribution in [3.63, 3.8) is 0 Å². The largest absolute Gasteiger partial charge is 0.402 e. The third-order valence-corrected chi connectivity index (χ3v) is 1.03. The van der Waals surface area contributed by atoms with Crippen molar-refractivity contribution in [3.8, 4) is 0 Å². The summed E-state index contributed by atoms with van der Waals surface area (Å²) in [6.45, 7) is 8.51. The van der Waals surface area contributed by atoms with Gasteiger partial charge in [-0.25, -0.2) is 0 Å². The SMILES string of the molecule is CC/C(N)=C\C(C)(C)C. The van der Waals surface area contributed by atoms with Crippen LogP contribution in [0, 0.1) is 5.41 Å². The Labute approximate surface area is 57.9 Å². The Morgan fingerprint density at radius 2 is 1.89 bits per heavy atom. The quantitative estimate of drug-likeness (QED) is 0.574. The van der Waals surface area contributed by atoms with Gasteiger partial charge in [0.05, 0.1) is 0 Å². The zero-order valence-electron chi connectivity index (χ0n) is 6.86. The van der Waals surface area contributed by atoms with Gasteiger partial charge < -0.3 is 5.73 Å². The van der Waals surface area contributed by atoms with Crippen LogP contribution in [-0.4, -0.2) is 0 Å². The van der Waals surface area contributed by atoms with E-state index in [2.05, 4.69) is 33.8 Å². The Bertz CT molecular complexity index is 106. The summed E-state index contributed by atoms with van der Waals surface area (Å²) >= 11 is 0. The molecule has 0 aliphatic heterocycles. The molecule has 0 aromatic heterocycles. The normalized spacial score (nSPS) is 14.0. The molecule has 0 saturated heterocycles. The van der Waals surface area contributed by atoms with Gasteiger partial charge in [-0.1, -0.05) is 33.8 Å². The zero-order valence-corrected chi connectivity index (χ0v) is 6.86. The molecule has 0 spiro atoms. The van der Waals surface area contributed by atoms with Gasteiger partial charge in [-0.3, -0.25) is 0 Å². The summed E-state index contributed by atoms with van der Waals surface area (Å²) in [5, 5.41) is 0. The fourth-order valence-corrected chi connectivity index (χ4v) is 0.658. The maximum Gasteiger partial charge on any atom is 0.00425 e. The monoisotopic (exact) mass is 127 g/mol. The van der Waals surface area contributed by atoms with Crippen molar-refractivity contribution in [3.05, 3.63) is 11.8 Å². The Hall–Kier alpha value is -0.460. The van der Waals surface area contributed by atoms with Gasteiger partial charge in [-0.05, 0) is 11.8 Å². The molecule has 0 aliphatic rings. The summed E-state index contributed by atoms with van der Waals surface area (Å²) in [5.74, 6) is 0. The van der Waals surface area contributed by atoms with E-state index in [0.717, 1.165) is 12.1 Å². The molecular formula is C8H17N. The first-order valence-electron chi connectivity index (χ1n) is 3.43. The van der Waals surface area contributed by atoms with Gasteiger partial charge in [0.15, 0.2) is 0 Å². The molecule has 0 atom stereocenters. The summed E-state index contributed by atoms with van der Waals surface area (Å²) < 4.78 is 0. The third-order valence-electron chi connectivity index (χ3n) is 1.03. The van der Waals surface area contributed by atoms with Gasteiger partial charge in [-0.15, -0.1) is 0 Å². The lowest BCUT2D eigenvalue weighted by Crippen LogP contribution is -2.05. The van der Waals surface area contributed by atoms with Crippen LogP contribution in [0.15, 0.2) is 11.8 Å². The lowest BCUT2D eigenvalue weighted by Gasteiger charge is -2.12. The maximum atomic E-state index is 5.62. The van der Waals surface area contributed by atoms with Crippen LogP contribution in [-0.2, 0) is 0 Å². The van der Waals surface area contributed by atoms with Gasteiger partial charge in [0.1, 0.15) is 0 Å². The summed E-state index contributed by atoms with van der Waals surface area (Å²) in [7, 11) is 0. The second-order valence-electron chi connectivity index (χ2n) is 3.44. The van der Waals surface area contributed by atoms with Crippen molar-refractivity contribution < 1.29 is 0 Å². The highest BCUT2D eigenvalue weighted by Crippen LogP contribution is 2.16. The maximum absolute atomic E-state index is 5.62. The molecule has 0 amide bonds. The second kappa shape index (κ2) is 2.90. The molecule has 0 heterocycles. The predicted octanol–water partition coefficient (Wildman–Crippen LogP) is 2.29. The second-order valence-corrected chi connectivity index (χ2v) is 3.44. The fourth-order valence-electron chi connectivity index (χ4n) is 0.658. The molecule has 0 aromatic carbocycles. The van der Waals surface area contributed by atoms with E-state index in [1.807, 2.05) is 0 Å². The summed E-state index contributed by atoms with van der Waals surface area (Å²) in [5.41, 5.74) is 6.84. The third kappa shape index (κ3) is 5.41. The van der Waals surface area contributed by atoms with E-state index in [1.54, 1.807) is 0 Å². The Kier molecular flexibility index (Phi) is 2.75. The lowest BCUT2D eigenvalue weighted by molar-refractivity contribution is 0.537. The molecule has 0 aromatic rings. The van der Waals surface area contributed by atoms with Crippen LogP contribution in [0.4, 0.5) is 0 Å². The van der Waals surface area contributed by atoms with Crippen molar-refractivity contribution in [2.45, 2.75) is 34.1 Å². The first-order chi connectivity index (χ1) is 3.95. The minimum atomic E-state index is 0.236. The molecule has 0 radical (unpaired) electrons. The predicted molar refractivity (Wildman–Crippen MR) is 42.0 cm³/mol. The first-order valence-corrected chi connectivity index (χ1v) is 3.43. The van der Waals surface area contributed by atoms with Gasteiger partial charge >= 0.3 is 0 Å². The number of rotatable bonds is 1. The highest BCUT2D eigenvalue weighted by molar-refractivity contribution is 5.01. The van der Waals surface area contributed by atoms with Crippen LogP contribution < -0.4 is 5.73 Å². The molecule has 0 aliphatic carbocycles. The fraction of sp³-hybridized carbons (Fsp3) is 0.750. The average Bonchev–Trinajstić information content (AvgIpc) is 1.62. The summed E-state index contributed by atoms with van der Waals surface area (Å²) in [6.07, 6.45) is 3.06. The smallest absolute Gasteiger partial charge is 0.00425 e. The Morgan fingerprint density at radius 1 is 1.44 bits per heavy atom. The number of hydrogen-bond donors (Lipinski definition) is 1. The molecule has 0 saturated carbocycles. The van der Waals surface area contributed by atoms with Crippen LogP contribution in [0.2, 0.25) is 0 Å². The van der Waals surface area contributed by atoms with Crippen molar-refractivity contribution in [1.82, 2.24) is 0 Å². The van der Waals surface area contributed by atoms with Gasteiger partial charge in [0, 0.05) is 5.70 Å². The Balaban J connectivity index is 3.95. The van der Waals surface area contributed by atoms with Crippen molar-refractivity contribution in [1.29, 1.82) is 0 Å². The highest BCUT2D eigenvalue weighted by Gasteiger charge is 2.04. The average molecular weight is 127 g/mol. The topological polar surface area (TPSA) is 26.0 Å². The standard InChI is InChI=1S/C8H17N/c1-5-7(9)6-8(2,3)4/h6H,5,9H2,1-4H3/b7-6+. The van der Waals surface area contributed by atoms with E-state index in [0.29, 0.717) is 0 Å². The molecule has 0 rings (SSSR count). The first kappa shape index (κ1) is 8.54. The van der Waals surface area contributed by atoms with E-state index in [4.69, 9.17) is 5.73 Å². The molecule has 0 bridgehead atoms. The van der Waals surface area contributed by atoms with Crippen LogP contribution in [0.3, 0.4) is 0 Å². The minimum absolute atomic E-state index is 0.236. The van der Waals surface area contributed by atoms with E-state index >= 15 is 0 Å². The molecular weight excluding hydrogens is 110 g/mol. The van der Waals surface area contributed by atoms with Crippen molar-refractivity contribution >= 4 is 0 Å². The molecule has 54 valence electrons. The minimum Gasteiger partial charge on any atom is -0.402 e. The Morgan fingerprint density at radius 3 is 2.00 bits per heavy atom. The van der Waals surface area contributed by atoms with E-state index in [9.17, 15) is 0 Å². The van der Waals surface area contributed by atoms with E-state index < -0.39 is 0 Å². The molecule has 0 fully saturated rings. The van der Waals surface area contributed by atoms with Gasteiger partial charge in [0.25, 0.3) is 0 Å². The molecule has 2 N–H and O–H groups in total. The van der Waals surface area contributed by atoms with E-state index in [1.165, 1.54) is 0 Å². The number of hydrogen-bond acceptors (Lipinski definition) is 1. The lowest BCUT2D eigenvalue weighted by atomic mass is 9.95. The molecule has 9 heavy (non-hydrogen) atoms. The zero-order chi connectivity index (χ0) is 7.49. The van der Waals surface area contributed by atoms with Crippen LogP contribution in [0.1, 0.15) is 34.1 Å². The van der Waals surface area contributed by atoms with Crippen LogP contribution in [0.5, 0.6) is 0 Å². The summed E-state index contributed by atoms with van der Waals surface area (Å²) in [6, 6.07) is 0. The molecule has 1 nitrogen and oxygen atoms in total. The molecule has 1 heteroatoms. The summed E-state index contributed by atoms with van der Waals surface area (Å²) in [4.78, 5) is 0. The van der Waals surface area contributed by atoms with Crippen LogP contribution >= 0.6 is 0 Å². The van der Waals surface area contributed by atoms with Gasteiger partial charge in [-0.2, -0.15) is 0 Å². The number of nitrogens with two attached hydrogens (primary N) is 1. The van der Waals surface area contributed by atoms with Crippen molar-refractivity contribution in [2.75, 3.05) is 0 Å². The van der Waals surface area contributed by atoms with Gasteiger partial charge in [0.2, 0.25) is 0 Å². The number of allylic oxidation sites excluding steroid dienone is 2. The van der Waals surface area contributed by atoms with Crippen molar-refractivity contribution in [2.24, 2.45) is 11.1 Å².